The van der Waals surface area contributed by atoms with E-state index >= 15 is 0 Å². The summed E-state index contributed by atoms with van der Waals surface area (Å²) in [6, 6.07) is 15.1. The van der Waals surface area contributed by atoms with Crippen molar-refractivity contribution in [2.24, 2.45) is 0 Å². The van der Waals surface area contributed by atoms with Crippen LogP contribution in [0.1, 0.15) is 28.7 Å². The lowest BCUT2D eigenvalue weighted by Gasteiger charge is -2.19. The Morgan fingerprint density at radius 1 is 1.00 bits per heavy atom. The van der Waals surface area contributed by atoms with Crippen LogP contribution in [0.4, 0.5) is 0 Å². The highest BCUT2D eigenvalue weighted by atomic mass is 16.5. The third-order valence-corrected chi connectivity index (χ3v) is 3.73. The minimum atomic E-state index is 0.929. The van der Waals surface area contributed by atoms with E-state index in [9.17, 15) is 0 Å². The van der Waals surface area contributed by atoms with Crippen LogP contribution in [0.25, 0.3) is 5.57 Å². The van der Waals surface area contributed by atoms with Gasteiger partial charge in [0.2, 0.25) is 0 Å². The van der Waals surface area contributed by atoms with Gasteiger partial charge >= 0.3 is 0 Å². The molecule has 1 aliphatic rings. The molecule has 0 spiro atoms. The van der Waals surface area contributed by atoms with Crippen molar-refractivity contribution in [3.05, 3.63) is 70.8 Å². The maximum Gasteiger partial charge on any atom is 0.119 e. The van der Waals surface area contributed by atoms with E-state index in [2.05, 4.69) is 55.5 Å². The molecule has 0 fully saturated rings. The van der Waals surface area contributed by atoms with Gasteiger partial charge in [0, 0.05) is 0 Å². The molecule has 0 N–H and O–H groups in total. The van der Waals surface area contributed by atoms with Gasteiger partial charge in [-0.15, -0.1) is 0 Å². The topological polar surface area (TPSA) is 9.23 Å². The van der Waals surface area contributed by atoms with Crippen molar-refractivity contribution < 1.29 is 4.74 Å². The van der Waals surface area contributed by atoms with Crippen LogP contribution >= 0.6 is 0 Å². The van der Waals surface area contributed by atoms with E-state index in [0.29, 0.717) is 0 Å². The molecule has 19 heavy (non-hydrogen) atoms. The van der Waals surface area contributed by atoms with Crippen LogP contribution in [0.15, 0.2) is 48.5 Å². The van der Waals surface area contributed by atoms with Crippen LogP contribution in [-0.4, -0.2) is 7.11 Å². The monoisotopic (exact) mass is 250 g/mol. The lowest BCUT2D eigenvalue weighted by molar-refractivity contribution is 0.414. The fourth-order valence-corrected chi connectivity index (χ4v) is 2.64. The lowest BCUT2D eigenvalue weighted by atomic mass is 9.86. The molecule has 0 amide bonds. The zero-order chi connectivity index (χ0) is 13.2. The molecule has 0 aromatic heterocycles. The van der Waals surface area contributed by atoms with E-state index in [-0.39, 0.29) is 0 Å². The number of aryl methyl sites for hydroxylation is 2. The quantitative estimate of drug-likeness (QED) is 0.768. The van der Waals surface area contributed by atoms with E-state index < -0.39 is 0 Å². The van der Waals surface area contributed by atoms with E-state index in [1.54, 1.807) is 7.11 Å². The first kappa shape index (κ1) is 12.0. The van der Waals surface area contributed by atoms with Crippen molar-refractivity contribution in [1.29, 1.82) is 0 Å². The van der Waals surface area contributed by atoms with E-state index in [4.69, 9.17) is 4.74 Å². The summed E-state index contributed by atoms with van der Waals surface area (Å²) >= 11 is 0. The van der Waals surface area contributed by atoms with Gasteiger partial charge in [0.25, 0.3) is 0 Å². The highest BCUT2D eigenvalue weighted by Gasteiger charge is 2.14. The Hall–Kier alpha value is -2.02. The highest BCUT2D eigenvalue weighted by Crippen LogP contribution is 2.34. The molecule has 1 heteroatoms. The zero-order valence-electron chi connectivity index (χ0n) is 11.4. The molecule has 0 atom stereocenters. The van der Waals surface area contributed by atoms with Crippen LogP contribution in [0.5, 0.6) is 5.75 Å². The molecule has 0 radical (unpaired) electrons. The normalized spacial score (nSPS) is 13.7. The molecule has 0 bridgehead atoms. The largest absolute Gasteiger partial charge is 0.497 e. The van der Waals surface area contributed by atoms with Crippen LogP contribution in [0.3, 0.4) is 0 Å². The molecule has 1 aliphatic carbocycles. The van der Waals surface area contributed by atoms with Gasteiger partial charge in [0.1, 0.15) is 5.75 Å². The maximum absolute atomic E-state index is 5.36. The Labute approximate surface area is 114 Å². The molecule has 96 valence electrons. The summed E-state index contributed by atoms with van der Waals surface area (Å²) < 4.78 is 5.36. The van der Waals surface area contributed by atoms with Crippen molar-refractivity contribution >= 4 is 5.57 Å². The SMILES string of the molecule is COc1ccc2c(c1)C(c1ccc(C)cc1)=CCC2. The minimum Gasteiger partial charge on any atom is -0.497 e. The summed E-state index contributed by atoms with van der Waals surface area (Å²) in [5.74, 6) is 0.929. The first-order valence-corrected chi connectivity index (χ1v) is 6.72. The van der Waals surface area contributed by atoms with Crippen molar-refractivity contribution in [2.75, 3.05) is 7.11 Å². The molecule has 1 nitrogen and oxygen atoms in total. The fraction of sp³-hybridized carbons (Fsp3) is 0.222. The molecule has 2 aromatic carbocycles. The number of allylic oxidation sites excluding steroid dienone is 1. The van der Waals surface area contributed by atoms with Gasteiger partial charge in [-0.25, -0.2) is 0 Å². The van der Waals surface area contributed by atoms with Crippen LogP contribution in [-0.2, 0) is 6.42 Å². The molecule has 3 rings (SSSR count). The first-order chi connectivity index (χ1) is 9.28. The number of ether oxygens (including phenoxy) is 1. The average molecular weight is 250 g/mol. The summed E-state index contributed by atoms with van der Waals surface area (Å²) in [6.07, 6.45) is 4.57. The predicted octanol–water partition coefficient (Wildman–Crippen LogP) is 4.38. The first-order valence-electron chi connectivity index (χ1n) is 6.72. The van der Waals surface area contributed by atoms with Gasteiger partial charge in [0.15, 0.2) is 0 Å². The molecule has 2 aromatic rings. The second-order valence-electron chi connectivity index (χ2n) is 5.05. The zero-order valence-corrected chi connectivity index (χ0v) is 11.4. The second kappa shape index (κ2) is 4.93. The Bertz CT molecular complexity index is 621. The summed E-state index contributed by atoms with van der Waals surface area (Å²) in [5.41, 5.74) is 6.65. The summed E-state index contributed by atoms with van der Waals surface area (Å²) in [6.45, 7) is 2.12. The Balaban J connectivity index is 2.09. The van der Waals surface area contributed by atoms with Gasteiger partial charge in [-0.1, -0.05) is 42.0 Å². The Morgan fingerprint density at radius 3 is 2.53 bits per heavy atom. The summed E-state index contributed by atoms with van der Waals surface area (Å²) in [7, 11) is 1.72. The van der Waals surface area contributed by atoms with Crippen LogP contribution < -0.4 is 4.74 Å². The van der Waals surface area contributed by atoms with E-state index in [1.165, 1.54) is 27.8 Å². The van der Waals surface area contributed by atoms with Gasteiger partial charge in [0.05, 0.1) is 7.11 Å². The molecular weight excluding hydrogens is 232 g/mol. The maximum atomic E-state index is 5.36. The van der Waals surface area contributed by atoms with Gasteiger partial charge in [-0.3, -0.25) is 0 Å². The number of hydrogen-bond donors (Lipinski definition) is 0. The second-order valence-corrected chi connectivity index (χ2v) is 5.05. The van der Waals surface area contributed by atoms with E-state index in [0.717, 1.165) is 18.6 Å². The third kappa shape index (κ3) is 2.28. The molecule has 0 saturated heterocycles. The molecule has 0 unspecified atom stereocenters. The predicted molar refractivity (Wildman–Crippen MR) is 79.6 cm³/mol. The summed E-state index contributed by atoms with van der Waals surface area (Å²) in [5, 5.41) is 0. The molecular formula is C18H18O. The standard InChI is InChI=1S/C18H18O/c1-13-6-8-15(9-7-13)17-5-3-4-14-10-11-16(19-2)12-18(14)17/h5-12H,3-4H2,1-2H3. The summed E-state index contributed by atoms with van der Waals surface area (Å²) in [4.78, 5) is 0. The number of methoxy groups -OCH3 is 1. The molecule has 0 heterocycles. The number of rotatable bonds is 2. The van der Waals surface area contributed by atoms with Crippen LogP contribution in [0, 0.1) is 6.92 Å². The molecule has 0 aliphatic heterocycles. The van der Waals surface area contributed by atoms with Crippen molar-refractivity contribution in [3.63, 3.8) is 0 Å². The van der Waals surface area contributed by atoms with Crippen molar-refractivity contribution in [1.82, 2.24) is 0 Å². The van der Waals surface area contributed by atoms with Gasteiger partial charge in [-0.05, 0) is 54.2 Å². The smallest absolute Gasteiger partial charge is 0.119 e. The minimum absolute atomic E-state index is 0.929. The van der Waals surface area contributed by atoms with Crippen LogP contribution in [0.2, 0.25) is 0 Å². The molecule has 0 saturated carbocycles. The number of fused-ring (bicyclic) bond motifs is 1. The van der Waals surface area contributed by atoms with Gasteiger partial charge in [-0.2, -0.15) is 0 Å². The number of benzene rings is 2. The fourth-order valence-electron chi connectivity index (χ4n) is 2.64. The van der Waals surface area contributed by atoms with E-state index in [1.807, 2.05) is 0 Å². The lowest BCUT2D eigenvalue weighted by Crippen LogP contribution is -2.01. The Morgan fingerprint density at radius 2 is 1.79 bits per heavy atom. The third-order valence-electron chi connectivity index (χ3n) is 3.73. The highest BCUT2D eigenvalue weighted by molar-refractivity contribution is 5.83. The van der Waals surface area contributed by atoms with Crippen molar-refractivity contribution in [3.8, 4) is 5.75 Å². The Kier molecular flexibility index (Phi) is 3.12. The van der Waals surface area contributed by atoms with Gasteiger partial charge < -0.3 is 4.74 Å². The van der Waals surface area contributed by atoms with Crippen molar-refractivity contribution in [2.45, 2.75) is 19.8 Å². The number of hydrogen-bond acceptors (Lipinski definition) is 1. The average Bonchev–Trinajstić information content (AvgIpc) is 2.47.